The molecule has 2 aliphatic heterocycles. The number of esters is 1. The fourth-order valence-corrected chi connectivity index (χ4v) is 9.19. The van der Waals surface area contributed by atoms with Gasteiger partial charge in [0, 0.05) is 32.7 Å². The number of phenolic OH excluding ortho intramolecular Hbond substituents is 1. The number of benzene rings is 2. The number of hydrogen-bond acceptors (Lipinski definition) is 13. The molecule has 0 aromatic heterocycles. The summed E-state index contributed by atoms with van der Waals surface area (Å²) in [5.41, 5.74) is 1.19. The zero-order valence-corrected chi connectivity index (χ0v) is 45.0. The van der Waals surface area contributed by atoms with Gasteiger partial charge in [-0.1, -0.05) is 97.4 Å². The molecule has 2 aromatic rings. The van der Waals surface area contributed by atoms with Crippen molar-refractivity contribution < 1.29 is 68.0 Å². The predicted octanol–water partition coefficient (Wildman–Crippen LogP) is 1.58. The molecule has 11 atom stereocenters. The smallest absolute Gasteiger partial charge is 0.329 e. The first-order valence-corrected chi connectivity index (χ1v) is 26.2. The molecule has 0 saturated carbocycles. The van der Waals surface area contributed by atoms with Crippen LogP contribution in [0.25, 0.3) is 0 Å². The number of carbonyl (C=O) groups is 10. The quantitative estimate of drug-likeness (QED) is 0.0903. The van der Waals surface area contributed by atoms with Crippen LogP contribution in [0.3, 0.4) is 0 Å². The fraction of sp³-hybridized carbons (Fsp3) is 0.593. The van der Waals surface area contributed by atoms with Gasteiger partial charge in [0.05, 0.1) is 0 Å². The Kier molecular flexibility index (Phi) is 23.2. The van der Waals surface area contributed by atoms with Gasteiger partial charge < -0.3 is 61.8 Å². The van der Waals surface area contributed by atoms with Crippen molar-refractivity contribution in [3.05, 3.63) is 65.7 Å². The number of fused-ring (bicyclic) bond motifs is 2. The summed E-state index contributed by atoms with van der Waals surface area (Å²) in [6.45, 7) is 13.4. The minimum Gasteiger partial charge on any atom is -0.508 e. The van der Waals surface area contributed by atoms with E-state index in [4.69, 9.17) is 4.74 Å². The number of hydrogen-bond donors (Lipinski definition) is 9. The van der Waals surface area contributed by atoms with Crippen LogP contribution in [0, 0.1) is 17.8 Å². The van der Waals surface area contributed by atoms with Gasteiger partial charge in [-0.3, -0.25) is 38.4 Å². The van der Waals surface area contributed by atoms with E-state index >= 15 is 0 Å². The van der Waals surface area contributed by atoms with Gasteiger partial charge in [0.25, 0.3) is 0 Å². The standard InChI is InChI=1S/C54H78N8O14/c1-10-15-41(64)55-39(27-34-18-20-35(63)21-19-34)48(68)57-37(53(73)74)22-24-42(65)59-45-32(8)76-54(75)44(31(7)11-2)60-49(69)40(28-33-16-13-12-14-17-33)61(9)52(72)46(30(5)6)62-43(66)25-23-36(51(62)71)56-47(67)38(26-29(3)4)58-50(45)70/h12-14,16-21,29-32,36-40,43-46,63,66H,10-11,15,22-28H2,1-9H3,(H,55,64)(H,56,67)(H,57,68)(H,58,70)(H,59,65)(H,60,69)(H,73,74)/t31-,32+,36?,37?,38-,39-,40-,43+,44-,45-,46-/m0/s1. The Labute approximate surface area is 444 Å². The van der Waals surface area contributed by atoms with Gasteiger partial charge in [0.2, 0.25) is 47.3 Å². The Morgan fingerprint density at radius 2 is 1.43 bits per heavy atom. The molecule has 9 N–H and O–H groups in total. The number of rotatable bonds is 19. The topological polar surface area (TPSA) is 319 Å². The van der Waals surface area contributed by atoms with Crippen LogP contribution >= 0.6 is 0 Å². The number of carboxylic acid groups (broad SMARTS) is 1. The van der Waals surface area contributed by atoms with Crippen molar-refractivity contribution in [2.45, 2.75) is 180 Å². The summed E-state index contributed by atoms with van der Waals surface area (Å²) in [5, 5.41) is 47.0. The zero-order valence-electron chi connectivity index (χ0n) is 45.0. The van der Waals surface area contributed by atoms with E-state index in [9.17, 15) is 63.3 Å². The number of nitrogens with one attached hydrogen (secondary N) is 6. The van der Waals surface area contributed by atoms with E-state index in [2.05, 4.69) is 31.9 Å². The lowest BCUT2D eigenvalue weighted by atomic mass is 9.93. The lowest BCUT2D eigenvalue weighted by Gasteiger charge is -2.44. The number of aliphatic carboxylic acids is 1. The van der Waals surface area contributed by atoms with Gasteiger partial charge in [0.15, 0.2) is 0 Å². The van der Waals surface area contributed by atoms with Gasteiger partial charge in [-0.2, -0.15) is 0 Å². The van der Waals surface area contributed by atoms with Crippen LogP contribution < -0.4 is 31.9 Å². The number of likely N-dealkylation sites (N-methyl/N-ethyl adjacent to an activating group) is 1. The molecule has 0 aliphatic carbocycles. The highest BCUT2D eigenvalue weighted by Crippen LogP contribution is 2.27. The van der Waals surface area contributed by atoms with E-state index in [-0.39, 0.29) is 50.2 Å². The van der Waals surface area contributed by atoms with E-state index in [0.717, 1.165) is 4.90 Å². The molecular formula is C54H78N8O14. The van der Waals surface area contributed by atoms with Crippen LogP contribution in [-0.2, 0) is 65.5 Å². The summed E-state index contributed by atoms with van der Waals surface area (Å²) in [6.07, 6.45) is -3.43. The SMILES string of the molecule is CCCC(=O)N[C@@H](Cc1ccc(O)cc1)C(=O)NC(CCC(=O)N[C@@H]1C(=O)N[C@@H](CC(C)C)C(=O)NC2CC[C@@H](O)N(C2=O)[C@@H](C(C)C)C(=O)N(C)[C@@H](Cc2ccccc2)C(=O)N[C@@H]([C@@H](C)CC)C(=O)O[C@@H]1C)C(=O)O. The number of cyclic esters (lactones) is 1. The number of aliphatic hydroxyl groups is 1. The van der Waals surface area contributed by atoms with E-state index in [1.165, 1.54) is 43.1 Å². The third-order valence-corrected chi connectivity index (χ3v) is 13.7. The summed E-state index contributed by atoms with van der Waals surface area (Å²) in [4.78, 5) is 142. The molecule has 418 valence electrons. The van der Waals surface area contributed by atoms with Gasteiger partial charge >= 0.3 is 11.9 Å². The summed E-state index contributed by atoms with van der Waals surface area (Å²) < 4.78 is 5.92. The molecule has 0 spiro atoms. The molecule has 2 bridgehead atoms. The fourth-order valence-electron chi connectivity index (χ4n) is 9.19. The van der Waals surface area contributed by atoms with E-state index in [1.807, 2.05) is 0 Å². The Morgan fingerprint density at radius 3 is 2.03 bits per heavy atom. The molecule has 2 aliphatic rings. The van der Waals surface area contributed by atoms with Crippen molar-refractivity contribution in [2.75, 3.05) is 7.05 Å². The van der Waals surface area contributed by atoms with Crippen molar-refractivity contribution in [3.63, 3.8) is 0 Å². The van der Waals surface area contributed by atoms with E-state index in [0.29, 0.717) is 24.0 Å². The molecular weight excluding hydrogens is 985 g/mol. The number of ether oxygens (including phenoxy) is 1. The highest BCUT2D eigenvalue weighted by atomic mass is 16.5. The summed E-state index contributed by atoms with van der Waals surface area (Å²) in [6, 6.07) is 3.32. The minimum atomic E-state index is -1.76. The Morgan fingerprint density at radius 1 is 0.776 bits per heavy atom. The highest BCUT2D eigenvalue weighted by molar-refractivity contribution is 5.98. The Hall–Kier alpha value is -7.10. The number of piperidine rings is 1. The van der Waals surface area contributed by atoms with E-state index < -0.39 is 145 Å². The van der Waals surface area contributed by atoms with Crippen molar-refractivity contribution in [3.8, 4) is 5.75 Å². The first-order chi connectivity index (χ1) is 35.9. The second-order valence-corrected chi connectivity index (χ2v) is 20.6. The van der Waals surface area contributed by atoms with Crippen molar-refractivity contribution in [1.82, 2.24) is 41.7 Å². The average molecular weight is 1060 g/mol. The molecule has 4 rings (SSSR count). The van der Waals surface area contributed by atoms with Gasteiger partial charge in [-0.25, -0.2) is 9.59 Å². The highest BCUT2D eigenvalue weighted by Gasteiger charge is 2.47. The molecule has 2 heterocycles. The number of carboxylic acids is 1. The zero-order chi connectivity index (χ0) is 56.6. The maximum atomic E-state index is 14.8. The molecule has 2 saturated heterocycles. The normalized spacial score (nSPS) is 24.4. The molecule has 2 fully saturated rings. The third-order valence-electron chi connectivity index (χ3n) is 13.7. The predicted molar refractivity (Wildman–Crippen MR) is 277 cm³/mol. The number of phenols is 1. The third kappa shape index (κ3) is 17.2. The second kappa shape index (κ2) is 28.7. The number of aliphatic hydroxyl groups excluding tert-OH is 1. The van der Waals surface area contributed by atoms with Crippen LogP contribution in [0.15, 0.2) is 54.6 Å². The minimum absolute atomic E-state index is 0.00904. The molecule has 8 amide bonds. The first kappa shape index (κ1) is 61.4. The molecule has 2 unspecified atom stereocenters. The summed E-state index contributed by atoms with van der Waals surface area (Å²) >= 11 is 0. The molecule has 22 nitrogen and oxygen atoms in total. The van der Waals surface area contributed by atoms with Gasteiger partial charge in [0.1, 0.15) is 66.4 Å². The largest absolute Gasteiger partial charge is 0.508 e. The number of carbonyl (C=O) groups excluding carboxylic acids is 9. The molecule has 2 aromatic carbocycles. The van der Waals surface area contributed by atoms with Crippen LogP contribution in [-0.4, -0.2) is 152 Å². The second-order valence-electron chi connectivity index (χ2n) is 20.6. The molecule has 22 heteroatoms. The first-order valence-electron chi connectivity index (χ1n) is 26.2. The molecule has 76 heavy (non-hydrogen) atoms. The maximum absolute atomic E-state index is 14.8. The maximum Gasteiger partial charge on any atom is 0.329 e. The Balaban J connectivity index is 1.73. The monoisotopic (exact) mass is 1060 g/mol. The number of nitrogens with zero attached hydrogens (tertiary/aromatic N) is 2. The Bertz CT molecular complexity index is 2370. The van der Waals surface area contributed by atoms with E-state index in [1.54, 1.807) is 78.8 Å². The van der Waals surface area contributed by atoms with Crippen molar-refractivity contribution >= 4 is 59.2 Å². The van der Waals surface area contributed by atoms with Gasteiger partial charge in [-0.05, 0) is 80.0 Å². The van der Waals surface area contributed by atoms with Crippen molar-refractivity contribution in [2.24, 2.45) is 17.8 Å². The lowest BCUT2D eigenvalue weighted by Crippen LogP contribution is -2.66. The van der Waals surface area contributed by atoms with Crippen LogP contribution in [0.4, 0.5) is 0 Å². The summed E-state index contributed by atoms with van der Waals surface area (Å²) in [7, 11) is 1.39. The van der Waals surface area contributed by atoms with Gasteiger partial charge in [-0.15, -0.1) is 0 Å². The average Bonchev–Trinajstić information content (AvgIpc) is 3.36. The number of aromatic hydroxyl groups is 1. The lowest BCUT2D eigenvalue weighted by molar-refractivity contribution is -0.167. The molecule has 0 radical (unpaired) electrons. The summed E-state index contributed by atoms with van der Waals surface area (Å²) in [5.74, 6) is -10.4. The van der Waals surface area contributed by atoms with Crippen LogP contribution in [0.2, 0.25) is 0 Å². The van der Waals surface area contributed by atoms with Crippen LogP contribution in [0.5, 0.6) is 5.75 Å². The number of amides is 8. The van der Waals surface area contributed by atoms with Crippen molar-refractivity contribution in [1.29, 1.82) is 0 Å². The van der Waals surface area contributed by atoms with Crippen LogP contribution in [0.1, 0.15) is 118 Å².